The maximum absolute atomic E-state index is 12.1. The van der Waals surface area contributed by atoms with Gasteiger partial charge in [-0.3, -0.25) is 14.9 Å². The van der Waals surface area contributed by atoms with Crippen LogP contribution in [0.4, 0.5) is 0 Å². The van der Waals surface area contributed by atoms with Crippen molar-refractivity contribution in [2.75, 3.05) is 13.7 Å². The van der Waals surface area contributed by atoms with E-state index in [1.54, 1.807) is 19.2 Å². The highest BCUT2D eigenvalue weighted by molar-refractivity contribution is 5.82. The molecule has 0 saturated heterocycles. The minimum absolute atomic E-state index is 0.158. The minimum atomic E-state index is -0.354. The molecule has 108 valence electrons. The van der Waals surface area contributed by atoms with Gasteiger partial charge in [0.1, 0.15) is 11.5 Å². The number of benzene rings is 1. The summed E-state index contributed by atoms with van der Waals surface area (Å²) < 4.78 is 5.17. The summed E-state index contributed by atoms with van der Waals surface area (Å²) in [6, 6.07) is 7.26. The Morgan fingerprint density at radius 1 is 1.45 bits per heavy atom. The van der Waals surface area contributed by atoms with Crippen molar-refractivity contribution in [3.63, 3.8) is 0 Å². The van der Waals surface area contributed by atoms with E-state index < -0.39 is 0 Å². The molecule has 5 nitrogen and oxygen atoms in total. The Labute approximate surface area is 118 Å². The van der Waals surface area contributed by atoms with Crippen LogP contribution in [0, 0.1) is 16.0 Å². The Morgan fingerprint density at radius 2 is 2.25 bits per heavy atom. The van der Waals surface area contributed by atoms with E-state index in [1.807, 2.05) is 12.1 Å². The van der Waals surface area contributed by atoms with E-state index in [1.165, 1.54) is 0 Å². The van der Waals surface area contributed by atoms with E-state index in [4.69, 9.17) is 4.74 Å². The van der Waals surface area contributed by atoms with Gasteiger partial charge in [0, 0.05) is 17.3 Å². The zero-order valence-electron chi connectivity index (χ0n) is 11.6. The molecule has 0 aromatic heterocycles. The first kappa shape index (κ1) is 14.5. The third-order valence-electron chi connectivity index (χ3n) is 3.96. The van der Waals surface area contributed by atoms with E-state index in [2.05, 4.69) is 0 Å². The lowest BCUT2D eigenvalue weighted by atomic mass is 9.76. The number of methoxy groups -OCH3 is 1. The third-order valence-corrected chi connectivity index (χ3v) is 3.96. The standard InChI is InChI=1S/C15H19NO4/c1-20-12-6-4-5-11(9-12)14(10-16(18)19)13-7-2-3-8-15(13)17/h4-6,9,13-14H,2-3,7-8,10H2,1H3. The highest BCUT2D eigenvalue weighted by atomic mass is 16.6. The number of Topliss-reactive ketones (excluding diaryl/α,β-unsaturated/α-hetero) is 1. The number of carbonyl (C=O) groups is 1. The van der Waals surface area contributed by atoms with Gasteiger partial charge in [0.2, 0.25) is 6.54 Å². The molecule has 0 N–H and O–H groups in total. The van der Waals surface area contributed by atoms with Gasteiger partial charge in [0.05, 0.1) is 13.0 Å². The van der Waals surface area contributed by atoms with Crippen LogP contribution in [0.25, 0.3) is 0 Å². The third kappa shape index (κ3) is 3.35. The van der Waals surface area contributed by atoms with Crippen LogP contribution in [0.3, 0.4) is 0 Å². The molecule has 1 aromatic carbocycles. The molecule has 1 aromatic rings. The van der Waals surface area contributed by atoms with Gasteiger partial charge in [0.25, 0.3) is 0 Å². The number of ether oxygens (including phenoxy) is 1. The van der Waals surface area contributed by atoms with Gasteiger partial charge >= 0.3 is 0 Å². The topological polar surface area (TPSA) is 69.4 Å². The summed E-state index contributed by atoms with van der Waals surface area (Å²) in [5.41, 5.74) is 0.821. The molecule has 0 heterocycles. The van der Waals surface area contributed by atoms with Crippen molar-refractivity contribution >= 4 is 5.78 Å². The van der Waals surface area contributed by atoms with Crippen molar-refractivity contribution in [1.82, 2.24) is 0 Å². The molecular weight excluding hydrogens is 258 g/mol. The summed E-state index contributed by atoms with van der Waals surface area (Å²) in [6.07, 6.45) is 3.16. The van der Waals surface area contributed by atoms with Crippen LogP contribution in [0.1, 0.15) is 37.2 Å². The molecule has 2 atom stereocenters. The first-order valence-corrected chi connectivity index (χ1v) is 6.90. The van der Waals surface area contributed by atoms with Crippen molar-refractivity contribution in [2.24, 2.45) is 5.92 Å². The van der Waals surface area contributed by atoms with Crippen LogP contribution in [0.15, 0.2) is 24.3 Å². The number of ketones is 1. The molecule has 5 heteroatoms. The lowest BCUT2D eigenvalue weighted by molar-refractivity contribution is -0.484. The lowest BCUT2D eigenvalue weighted by Crippen LogP contribution is -2.30. The first-order chi connectivity index (χ1) is 9.61. The fraction of sp³-hybridized carbons (Fsp3) is 0.533. The highest BCUT2D eigenvalue weighted by Gasteiger charge is 2.34. The van der Waals surface area contributed by atoms with Crippen molar-refractivity contribution in [3.05, 3.63) is 39.9 Å². The highest BCUT2D eigenvalue weighted by Crippen LogP contribution is 2.35. The summed E-state index contributed by atoms with van der Waals surface area (Å²) in [4.78, 5) is 22.7. The zero-order valence-corrected chi connectivity index (χ0v) is 11.6. The van der Waals surface area contributed by atoms with E-state index in [0.29, 0.717) is 12.2 Å². The number of carbonyl (C=O) groups excluding carboxylic acids is 1. The molecular formula is C15H19NO4. The first-order valence-electron chi connectivity index (χ1n) is 6.90. The summed E-state index contributed by atoms with van der Waals surface area (Å²) in [5.74, 6) is 0.235. The normalized spacial score (nSPS) is 20.4. The number of hydrogen-bond donors (Lipinski definition) is 0. The smallest absolute Gasteiger partial charge is 0.211 e. The molecule has 20 heavy (non-hydrogen) atoms. The largest absolute Gasteiger partial charge is 0.497 e. The fourth-order valence-electron chi connectivity index (χ4n) is 2.93. The lowest BCUT2D eigenvalue weighted by Gasteiger charge is -2.27. The van der Waals surface area contributed by atoms with Gasteiger partial charge in [0.15, 0.2) is 0 Å². The Kier molecular flexibility index (Phi) is 4.71. The number of nitro groups is 1. The Hall–Kier alpha value is -1.91. The molecule has 0 spiro atoms. The molecule has 1 saturated carbocycles. The SMILES string of the molecule is COc1cccc(C(C[N+](=O)[O-])C2CCCCC2=O)c1. The molecule has 0 amide bonds. The molecule has 1 aliphatic carbocycles. The molecule has 1 aliphatic rings. The van der Waals surface area contributed by atoms with Gasteiger partial charge in [-0.15, -0.1) is 0 Å². The predicted octanol–water partition coefficient (Wildman–Crippen LogP) is 2.81. The maximum Gasteiger partial charge on any atom is 0.211 e. The zero-order chi connectivity index (χ0) is 14.5. The summed E-state index contributed by atoms with van der Waals surface area (Å²) in [6.45, 7) is -0.205. The summed E-state index contributed by atoms with van der Waals surface area (Å²) in [5, 5.41) is 10.9. The Bertz CT molecular complexity index is 500. The van der Waals surface area contributed by atoms with Crippen molar-refractivity contribution in [3.8, 4) is 5.75 Å². The van der Waals surface area contributed by atoms with Gasteiger partial charge in [-0.05, 0) is 30.5 Å². The minimum Gasteiger partial charge on any atom is -0.497 e. The fourth-order valence-corrected chi connectivity index (χ4v) is 2.93. The number of rotatable bonds is 5. The Balaban J connectivity index is 2.30. The predicted molar refractivity (Wildman–Crippen MR) is 74.6 cm³/mol. The average Bonchev–Trinajstić information content (AvgIpc) is 2.45. The van der Waals surface area contributed by atoms with E-state index in [-0.39, 0.29) is 29.1 Å². The van der Waals surface area contributed by atoms with Crippen LogP contribution >= 0.6 is 0 Å². The average molecular weight is 277 g/mol. The van der Waals surface area contributed by atoms with Crippen LogP contribution in [0.2, 0.25) is 0 Å². The van der Waals surface area contributed by atoms with E-state index >= 15 is 0 Å². The molecule has 1 fully saturated rings. The van der Waals surface area contributed by atoms with Gasteiger partial charge in [-0.25, -0.2) is 0 Å². The molecule has 0 radical (unpaired) electrons. The summed E-state index contributed by atoms with van der Waals surface area (Å²) >= 11 is 0. The molecule has 2 rings (SSSR count). The van der Waals surface area contributed by atoms with E-state index in [0.717, 1.165) is 24.8 Å². The van der Waals surface area contributed by atoms with Crippen LogP contribution < -0.4 is 4.74 Å². The van der Waals surface area contributed by atoms with Crippen LogP contribution in [0.5, 0.6) is 5.75 Å². The van der Waals surface area contributed by atoms with Crippen LogP contribution in [-0.2, 0) is 4.79 Å². The van der Waals surface area contributed by atoms with Crippen molar-refractivity contribution in [1.29, 1.82) is 0 Å². The van der Waals surface area contributed by atoms with Crippen LogP contribution in [-0.4, -0.2) is 24.4 Å². The van der Waals surface area contributed by atoms with Gasteiger partial charge in [-0.1, -0.05) is 18.6 Å². The number of hydrogen-bond acceptors (Lipinski definition) is 4. The quantitative estimate of drug-likeness (QED) is 0.613. The molecule has 2 unspecified atom stereocenters. The molecule has 0 aliphatic heterocycles. The second kappa shape index (κ2) is 6.50. The maximum atomic E-state index is 12.1. The summed E-state index contributed by atoms with van der Waals surface area (Å²) in [7, 11) is 1.56. The molecule has 0 bridgehead atoms. The van der Waals surface area contributed by atoms with Gasteiger partial charge < -0.3 is 4.74 Å². The Morgan fingerprint density at radius 3 is 2.90 bits per heavy atom. The second-order valence-corrected chi connectivity index (χ2v) is 5.22. The second-order valence-electron chi connectivity index (χ2n) is 5.22. The van der Waals surface area contributed by atoms with Crippen molar-refractivity contribution in [2.45, 2.75) is 31.6 Å². The number of nitrogens with zero attached hydrogens (tertiary/aromatic N) is 1. The van der Waals surface area contributed by atoms with Gasteiger partial charge in [-0.2, -0.15) is 0 Å². The van der Waals surface area contributed by atoms with Crippen molar-refractivity contribution < 1.29 is 14.5 Å². The monoisotopic (exact) mass is 277 g/mol. The van der Waals surface area contributed by atoms with E-state index in [9.17, 15) is 14.9 Å².